The molecular weight excluding hydrogens is 262 g/mol. The lowest BCUT2D eigenvalue weighted by molar-refractivity contribution is 0.0652. The van der Waals surface area contributed by atoms with Crippen molar-refractivity contribution >= 4 is 5.97 Å². The number of carbonyl (C=O) groups is 1. The number of carboxylic acids is 1. The summed E-state index contributed by atoms with van der Waals surface area (Å²) in [6.07, 6.45) is 0. The number of aromatic hydroxyl groups is 2. The van der Waals surface area contributed by atoms with Gasteiger partial charge in [0.15, 0.2) is 11.5 Å². The first-order valence-corrected chi connectivity index (χ1v) is 5.97. The van der Waals surface area contributed by atoms with Crippen molar-refractivity contribution in [3.63, 3.8) is 0 Å². The van der Waals surface area contributed by atoms with Crippen LogP contribution in [0.4, 0.5) is 0 Å². The molecule has 106 valence electrons. The van der Waals surface area contributed by atoms with Crippen molar-refractivity contribution in [1.29, 1.82) is 0 Å². The largest absolute Gasteiger partial charge is 0.504 e. The summed E-state index contributed by atoms with van der Waals surface area (Å²) in [5, 5.41) is 32.1. The van der Waals surface area contributed by atoms with Crippen LogP contribution < -0.4 is 0 Å². The minimum Gasteiger partial charge on any atom is -0.504 e. The third-order valence-electron chi connectivity index (χ3n) is 2.95. The van der Waals surface area contributed by atoms with Crippen molar-refractivity contribution in [2.24, 2.45) is 0 Å². The topological polar surface area (TPSA) is 104 Å². The fourth-order valence-electron chi connectivity index (χ4n) is 1.75. The number of aromatic carboxylic acids is 1. The second-order valence-corrected chi connectivity index (χ2v) is 5.52. The average Bonchev–Trinajstić information content (AvgIpc) is 2.80. The zero-order chi connectivity index (χ0) is 15.1. The molecule has 6 nitrogen and oxygen atoms in total. The monoisotopic (exact) mass is 277 g/mol. The number of aromatic nitrogens is 1. The van der Waals surface area contributed by atoms with Gasteiger partial charge in [-0.25, -0.2) is 4.79 Å². The SMILES string of the molecule is CC(C)(C)c1cc(O)c(O)c(-c2cc(C(=O)O)on2)c1. The first-order valence-electron chi connectivity index (χ1n) is 5.97. The maximum absolute atomic E-state index is 10.8. The van der Waals surface area contributed by atoms with Crippen LogP contribution in [0.5, 0.6) is 11.5 Å². The Kier molecular flexibility index (Phi) is 3.17. The van der Waals surface area contributed by atoms with E-state index in [0.717, 1.165) is 5.56 Å². The van der Waals surface area contributed by atoms with Gasteiger partial charge in [-0.1, -0.05) is 25.9 Å². The molecule has 3 N–H and O–H groups in total. The molecule has 0 aliphatic carbocycles. The molecule has 1 aromatic carbocycles. The molecule has 0 saturated heterocycles. The highest BCUT2D eigenvalue weighted by molar-refractivity contribution is 5.86. The molecule has 20 heavy (non-hydrogen) atoms. The van der Waals surface area contributed by atoms with Crippen molar-refractivity contribution in [2.75, 3.05) is 0 Å². The van der Waals surface area contributed by atoms with E-state index < -0.39 is 5.97 Å². The van der Waals surface area contributed by atoms with Crippen LogP contribution in [0.15, 0.2) is 22.7 Å². The smallest absolute Gasteiger partial charge is 0.374 e. The molecule has 0 aliphatic heterocycles. The van der Waals surface area contributed by atoms with Crippen molar-refractivity contribution in [1.82, 2.24) is 5.16 Å². The number of nitrogens with zero attached hydrogens (tertiary/aromatic N) is 1. The summed E-state index contributed by atoms with van der Waals surface area (Å²) in [6, 6.07) is 4.32. The van der Waals surface area contributed by atoms with Gasteiger partial charge in [-0.15, -0.1) is 0 Å². The van der Waals surface area contributed by atoms with Crippen molar-refractivity contribution in [3.05, 3.63) is 29.5 Å². The van der Waals surface area contributed by atoms with E-state index in [-0.39, 0.29) is 33.9 Å². The molecule has 0 unspecified atom stereocenters. The number of carboxylic acid groups (broad SMARTS) is 1. The summed E-state index contributed by atoms with van der Waals surface area (Å²) in [7, 11) is 0. The second-order valence-electron chi connectivity index (χ2n) is 5.52. The van der Waals surface area contributed by atoms with Gasteiger partial charge >= 0.3 is 5.97 Å². The van der Waals surface area contributed by atoms with Gasteiger partial charge in [0, 0.05) is 11.6 Å². The highest BCUT2D eigenvalue weighted by Gasteiger charge is 2.22. The van der Waals surface area contributed by atoms with Gasteiger partial charge in [-0.3, -0.25) is 0 Å². The average molecular weight is 277 g/mol. The maximum Gasteiger partial charge on any atom is 0.374 e. The van der Waals surface area contributed by atoms with Gasteiger partial charge in [0.05, 0.1) is 0 Å². The molecule has 0 spiro atoms. The molecule has 2 rings (SSSR count). The molecule has 0 aliphatic rings. The third-order valence-corrected chi connectivity index (χ3v) is 2.95. The Morgan fingerprint density at radius 3 is 2.35 bits per heavy atom. The molecule has 0 fully saturated rings. The number of rotatable bonds is 2. The Morgan fingerprint density at radius 1 is 1.20 bits per heavy atom. The van der Waals surface area contributed by atoms with Gasteiger partial charge in [0.1, 0.15) is 5.69 Å². The van der Waals surface area contributed by atoms with E-state index in [4.69, 9.17) is 5.11 Å². The molecule has 0 atom stereocenters. The van der Waals surface area contributed by atoms with Crippen molar-refractivity contribution < 1.29 is 24.6 Å². The molecular formula is C14H15NO5. The molecule has 0 saturated carbocycles. The second kappa shape index (κ2) is 4.56. The van der Waals surface area contributed by atoms with Crippen LogP contribution in [0.2, 0.25) is 0 Å². The quantitative estimate of drug-likeness (QED) is 0.729. The van der Waals surface area contributed by atoms with Crippen LogP contribution in [0.25, 0.3) is 11.3 Å². The van der Waals surface area contributed by atoms with E-state index in [1.165, 1.54) is 12.1 Å². The Labute approximate surface area is 115 Å². The van der Waals surface area contributed by atoms with E-state index in [0.29, 0.717) is 0 Å². The van der Waals surface area contributed by atoms with Gasteiger partial charge in [-0.2, -0.15) is 0 Å². The summed E-state index contributed by atoms with van der Waals surface area (Å²) >= 11 is 0. The molecule has 0 radical (unpaired) electrons. The summed E-state index contributed by atoms with van der Waals surface area (Å²) < 4.78 is 4.66. The van der Waals surface area contributed by atoms with Gasteiger partial charge in [-0.05, 0) is 23.1 Å². The Hall–Kier alpha value is -2.50. The third kappa shape index (κ3) is 2.45. The van der Waals surface area contributed by atoms with Crippen LogP contribution in [-0.4, -0.2) is 26.4 Å². The van der Waals surface area contributed by atoms with Gasteiger partial charge in [0.25, 0.3) is 0 Å². The lowest BCUT2D eigenvalue weighted by Gasteiger charge is -2.20. The summed E-state index contributed by atoms with van der Waals surface area (Å²) in [5.74, 6) is -2.23. The zero-order valence-corrected chi connectivity index (χ0v) is 11.3. The van der Waals surface area contributed by atoms with E-state index in [2.05, 4.69) is 9.68 Å². The molecule has 6 heteroatoms. The standard InChI is InChI=1S/C14H15NO5/c1-14(2,3)7-4-8(12(17)10(16)5-7)9-6-11(13(18)19)20-15-9/h4-6,16-17H,1-3H3,(H,18,19). The minimum absolute atomic E-state index is 0.154. The van der Waals surface area contributed by atoms with Crippen molar-refractivity contribution in [2.45, 2.75) is 26.2 Å². The number of phenolic OH excluding ortho intramolecular Hbond substituents is 2. The van der Waals surface area contributed by atoms with Crippen LogP contribution >= 0.6 is 0 Å². The van der Waals surface area contributed by atoms with Gasteiger partial charge < -0.3 is 19.8 Å². The lowest BCUT2D eigenvalue weighted by Crippen LogP contribution is -2.11. The van der Waals surface area contributed by atoms with Crippen LogP contribution in [-0.2, 0) is 5.41 Å². The first kappa shape index (κ1) is 13.9. The molecule has 0 bridgehead atoms. The fourth-order valence-corrected chi connectivity index (χ4v) is 1.75. The Balaban J connectivity index is 2.60. The van der Waals surface area contributed by atoms with E-state index in [9.17, 15) is 15.0 Å². The molecule has 2 aromatic rings. The predicted octanol–water partition coefficient (Wildman–Crippen LogP) is 2.75. The highest BCUT2D eigenvalue weighted by Crippen LogP contribution is 2.40. The number of benzene rings is 1. The van der Waals surface area contributed by atoms with Crippen LogP contribution in [0, 0.1) is 0 Å². The Bertz CT molecular complexity index is 667. The summed E-state index contributed by atoms with van der Waals surface area (Å²) in [6.45, 7) is 5.86. The van der Waals surface area contributed by atoms with E-state index in [1.54, 1.807) is 6.07 Å². The predicted molar refractivity (Wildman–Crippen MR) is 70.9 cm³/mol. The maximum atomic E-state index is 10.8. The minimum atomic E-state index is -1.25. The van der Waals surface area contributed by atoms with Crippen LogP contribution in [0.1, 0.15) is 36.9 Å². The van der Waals surface area contributed by atoms with Crippen LogP contribution in [0.3, 0.4) is 0 Å². The lowest BCUT2D eigenvalue weighted by atomic mass is 9.85. The molecule has 0 amide bonds. The zero-order valence-electron chi connectivity index (χ0n) is 11.3. The highest BCUT2D eigenvalue weighted by atomic mass is 16.5. The van der Waals surface area contributed by atoms with E-state index in [1.807, 2.05) is 20.8 Å². The fraction of sp³-hybridized carbons (Fsp3) is 0.286. The van der Waals surface area contributed by atoms with Gasteiger partial charge in [0.2, 0.25) is 5.76 Å². The first-order chi connectivity index (χ1) is 9.20. The normalized spacial score (nSPS) is 11.6. The molecule has 1 aromatic heterocycles. The number of hydrogen-bond donors (Lipinski definition) is 3. The summed E-state index contributed by atoms with van der Waals surface area (Å²) in [5.41, 5.74) is 0.911. The van der Waals surface area contributed by atoms with Crippen molar-refractivity contribution in [3.8, 4) is 22.8 Å². The van der Waals surface area contributed by atoms with E-state index >= 15 is 0 Å². The molecule has 1 heterocycles. The number of phenols is 2. The number of hydrogen-bond acceptors (Lipinski definition) is 5. The Morgan fingerprint density at radius 2 is 1.85 bits per heavy atom. The summed E-state index contributed by atoms with van der Waals surface area (Å²) in [4.78, 5) is 10.8.